The van der Waals surface area contributed by atoms with Crippen LogP contribution in [0.15, 0.2) is 48.8 Å². The summed E-state index contributed by atoms with van der Waals surface area (Å²) in [6.45, 7) is 6.10. The van der Waals surface area contributed by atoms with Gasteiger partial charge in [0.2, 0.25) is 0 Å². The molecule has 0 unspecified atom stereocenters. The van der Waals surface area contributed by atoms with Crippen LogP contribution in [-0.4, -0.2) is 70.2 Å². The van der Waals surface area contributed by atoms with E-state index >= 15 is 0 Å². The number of pyridine rings is 1. The number of ether oxygens (including phenoxy) is 2. The molecule has 0 amide bonds. The van der Waals surface area contributed by atoms with Crippen LogP contribution in [0.5, 0.6) is 5.75 Å². The maximum atomic E-state index is 5.91. The zero-order valence-electron chi connectivity index (χ0n) is 19.0. The number of benzene rings is 1. The van der Waals surface area contributed by atoms with Gasteiger partial charge in [-0.2, -0.15) is 5.10 Å². The second kappa shape index (κ2) is 10.0. The molecule has 0 bridgehead atoms. The summed E-state index contributed by atoms with van der Waals surface area (Å²) in [7, 11) is 1.68. The first-order valence-electron chi connectivity index (χ1n) is 11.5. The maximum absolute atomic E-state index is 5.91. The molecule has 8 nitrogen and oxygen atoms in total. The van der Waals surface area contributed by atoms with Crippen LogP contribution < -0.4 is 9.64 Å². The van der Waals surface area contributed by atoms with Gasteiger partial charge in [0.05, 0.1) is 26.4 Å². The molecule has 1 atom stereocenters. The van der Waals surface area contributed by atoms with Gasteiger partial charge < -0.3 is 14.4 Å². The summed E-state index contributed by atoms with van der Waals surface area (Å²) < 4.78 is 16.1. The Morgan fingerprint density at radius 1 is 1.06 bits per heavy atom. The van der Waals surface area contributed by atoms with E-state index < -0.39 is 0 Å². The average Bonchev–Trinajstić information content (AvgIpc) is 3.49. The lowest BCUT2D eigenvalue weighted by Crippen LogP contribution is -2.47. The van der Waals surface area contributed by atoms with Crippen LogP contribution >= 0.6 is 12.2 Å². The standard InChI is InChI=1S/C24H30N6O2S/c1-31-21-6-4-19(5-7-21)23-26-30(24(33)29(23)17-22-3-2-16-32-22)18-27-12-14-28(15-13-27)20-8-10-25-11-9-20/h4-11,22H,2-3,12-18H2,1H3/t22-/m1/s1. The topological polar surface area (TPSA) is 60.6 Å². The van der Waals surface area contributed by atoms with Crippen molar-refractivity contribution in [3.8, 4) is 17.1 Å². The Morgan fingerprint density at radius 2 is 1.82 bits per heavy atom. The molecule has 5 rings (SSSR count). The summed E-state index contributed by atoms with van der Waals surface area (Å²) >= 11 is 5.90. The van der Waals surface area contributed by atoms with Crippen molar-refractivity contribution in [3.05, 3.63) is 53.6 Å². The van der Waals surface area contributed by atoms with Gasteiger partial charge in [-0.1, -0.05) is 0 Å². The first-order valence-corrected chi connectivity index (χ1v) is 11.9. The monoisotopic (exact) mass is 466 g/mol. The number of aromatic nitrogens is 4. The third-order valence-electron chi connectivity index (χ3n) is 6.42. The van der Waals surface area contributed by atoms with Gasteiger partial charge in [0.1, 0.15) is 5.75 Å². The molecule has 1 aromatic carbocycles. The number of piperazine rings is 1. The van der Waals surface area contributed by atoms with Gasteiger partial charge in [0.25, 0.3) is 0 Å². The smallest absolute Gasteiger partial charge is 0.199 e. The number of hydrogen-bond acceptors (Lipinski definition) is 7. The third-order valence-corrected chi connectivity index (χ3v) is 6.85. The van der Waals surface area contributed by atoms with E-state index in [0.717, 1.165) is 74.1 Å². The van der Waals surface area contributed by atoms with Crippen LogP contribution in [0.2, 0.25) is 0 Å². The van der Waals surface area contributed by atoms with Gasteiger partial charge in [-0.25, -0.2) is 4.68 Å². The molecule has 3 aromatic rings. The van der Waals surface area contributed by atoms with E-state index in [-0.39, 0.29) is 6.10 Å². The van der Waals surface area contributed by atoms with Crippen molar-refractivity contribution in [2.75, 3.05) is 44.8 Å². The van der Waals surface area contributed by atoms with Crippen molar-refractivity contribution < 1.29 is 9.47 Å². The predicted molar refractivity (Wildman–Crippen MR) is 130 cm³/mol. The lowest BCUT2D eigenvalue weighted by atomic mass is 10.2. The summed E-state index contributed by atoms with van der Waals surface area (Å²) in [4.78, 5) is 8.93. The summed E-state index contributed by atoms with van der Waals surface area (Å²) in [5.74, 6) is 1.71. The third kappa shape index (κ3) is 4.95. The number of methoxy groups -OCH3 is 1. The van der Waals surface area contributed by atoms with Crippen molar-refractivity contribution in [3.63, 3.8) is 0 Å². The summed E-state index contributed by atoms with van der Waals surface area (Å²) in [6, 6.07) is 12.1. The fraction of sp³-hybridized carbons (Fsp3) is 0.458. The molecule has 0 aliphatic carbocycles. The molecule has 0 saturated carbocycles. The lowest BCUT2D eigenvalue weighted by molar-refractivity contribution is 0.0966. The van der Waals surface area contributed by atoms with Crippen LogP contribution in [0.3, 0.4) is 0 Å². The fourth-order valence-corrected chi connectivity index (χ4v) is 4.79. The molecule has 2 aliphatic heterocycles. The summed E-state index contributed by atoms with van der Waals surface area (Å²) in [5.41, 5.74) is 2.25. The van der Waals surface area contributed by atoms with Crippen LogP contribution in [0.25, 0.3) is 11.4 Å². The second-order valence-electron chi connectivity index (χ2n) is 8.53. The first-order chi connectivity index (χ1) is 16.2. The number of nitrogens with zero attached hydrogens (tertiary/aromatic N) is 6. The van der Waals surface area contributed by atoms with E-state index in [1.165, 1.54) is 5.69 Å². The Labute approximate surface area is 199 Å². The normalized spacial score (nSPS) is 19.2. The van der Waals surface area contributed by atoms with Crippen molar-refractivity contribution in [2.45, 2.75) is 32.2 Å². The predicted octanol–water partition coefficient (Wildman–Crippen LogP) is 3.44. The van der Waals surface area contributed by atoms with Gasteiger partial charge in [-0.05, 0) is 61.5 Å². The Kier molecular flexibility index (Phi) is 6.70. The minimum absolute atomic E-state index is 0.190. The first kappa shape index (κ1) is 22.1. The van der Waals surface area contributed by atoms with Crippen LogP contribution in [-0.2, 0) is 18.0 Å². The van der Waals surface area contributed by atoms with Gasteiger partial charge >= 0.3 is 0 Å². The molecule has 0 N–H and O–H groups in total. The van der Waals surface area contributed by atoms with Crippen LogP contribution in [0.4, 0.5) is 5.69 Å². The molecule has 0 radical (unpaired) electrons. The highest BCUT2D eigenvalue weighted by atomic mass is 32.1. The Bertz CT molecular complexity index is 1100. The lowest BCUT2D eigenvalue weighted by Gasteiger charge is -2.35. The van der Waals surface area contributed by atoms with Gasteiger partial charge in [0, 0.05) is 56.4 Å². The van der Waals surface area contributed by atoms with Crippen molar-refractivity contribution >= 4 is 17.9 Å². The molecule has 174 valence electrons. The van der Waals surface area contributed by atoms with Gasteiger partial charge in [0.15, 0.2) is 10.6 Å². The van der Waals surface area contributed by atoms with E-state index in [1.807, 2.05) is 41.3 Å². The zero-order valence-corrected chi connectivity index (χ0v) is 19.8. The molecule has 0 spiro atoms. The van der Waals surface area contributed by atoms with Crippen molar-refractivity contribution in [1.82, 2.24) is 24.2 Å². The van der Waals surface area contributed by atoms with Crippen molar-refractivity contribution in [2.24, 2.45) is 0 Å². The molecule has 2 fully saturated rings. The van der Waals surface area contributed by atoms with Crippen LogP contribution in [0, 0.1) is 4.77 Å². The zero-order chi connectivity index (χ0) is 22.6. The molecular weight excluding hydrogens is 436 g/mol. The summed E-state index contributed by atoms with van der Waals surface area (Å²) in [6.07, 6.45) is 6.05. The fourth-order valence-electron chi connectivity index (χ4n) is 4.54. The van der Waals surface area contributed by atoms with E-state index in [9.17, 15) is 0 Å². The number of anilines is 1. The van der Waals surface area contributed by atoms with E-state index in [4.69, 9.17) is 26.8 Å². The molecule has 2 aromatic heterocycles. The highest BCUT2D eigenvalue weighted by Crippen LogP contribution is 2.24. The average molecular weight is 467 g/mol. The van der Waals surface area contributed by atoms with Crippen molar-refractivity contribution in [1.29, 1.82) is 0 Å². The maximum Gasteiger partial charge on any atom is 0.199 e. The van der Waals surface area contributed by atoms with Crippen LogP contribution in [0.1, 0.15) is 12.8 Å². The molecule has 4 heterocycles. The Balaban J connectivity index is 1.35. The van der Waals surface area contributed by atoms with E-state index in [1.54, 1.807) is 7.11 Å². The SMILES string of the molecule is COc1ccc(-c2nn(CN3CCN(c4ccncc4)CC3)c(=S)n2C[C@H]2CCCO2)cc1. The number of rotatable bonds is 7. The molecular formula is C24H30N6O2S. The number of hydrogen-bond donors (Lipinski definition) is 0. The van der Waals surface area contributed by atoms with E-state index in [0.29, 0.717) is 6.67 Å². The highest BCUT2D eigenvalue weighted by molar-refractivity contribution is 7.71. The largest absolute Gasteiger partial charge is 0.497 e. The second-order valence-corrected chi connectivity index (χ2v) is 8.90. The molecule has 2 saturated heterocycles. The highest BCUT2D eigenvalue weighted by Gasteiger charge is 2.23. The minimum Gasteiger partial charge on any atom is -0.497 e. The Morgan fingerprint density at radius 3 is 2.48 bits per heavy atom. The van der Waals surface area contributed by atoms with Gasteiger partial charge in [-0.15, -0.1) is 0 Å². The minimum atomic E-state index is 0.190. The molecule has 2 aliphatic rings. The molecule has 33 heavy (non-hydrogen) atoms. The Hall–Kier alpha value is -2.75. The van der Waals surface area contributed by atoms with Gasteiger partial charge in [-0.3, -0.25) is 14.5 Å². The molecule has 9 heteroatoms. The quantitative estimate of drug-likeness (QED) is 0.494. The van der Waals surface area contributed by atoms with E-state index in [2.05, 4.69) is 31.5 Å². The summed E-state index contributed by atoms with van der Waals surface area (Å²) in [5, 5.41) is 4.96.